The minimum atomic E-state index is -0.390. The number of primary amides is 1. The van der Waals surface area contributed by atoms with Crippen LogP contribution in [0.1, 0.15) is 40.9 Å². The summed E-state index contributed by atoms with van der Waals surface area (Å²) in [4.78, 5) is 14.2. The first kappa shape index (κ1) is 20.8. The van der Waals surface area contributed by atoms with Crippen LogP contribution in [-0.2, 0) is 16.8 Å². The van der Waals surface area contributed by atoms with Crippen LogP contribution in [0.4, 0.5) is 0 Å². The maximum atomic E-state index is 11.7. The monoisotopic (exact) mass is 405 g/mol. The third kappa shape index (κ3) is 3.66. The molecule has 3 N–H and O–H groups in total. The van der Waals surface area contributed by atoms with Crippen molar-refractivity contribution in [2.24, 2.45) is 17.6 Å². The second-order valence-electron chi connectivity index (χ2n) is 7.74. The summed E-state index contributed by atoms with van der Waals surface area (Å²) in [5.74, 6) is 0.407. The van der Waals surface area contributed by atoms with Crippen LogP contribution in [0.2, 0.25) is 0 Å². The number of H-pyrrole nitrogens is 1. The molecule has 2 aromatic rings. The zero-order chi connectivity index (χ0) is 18.9. The van der Waals surface area contributed by atoms with Gasteiger partial charge in [0.1, 0.15) is 5.60 Å². The molecule has 8 heteroatoms. The lowest BCUT2D eigenvalue weighted by Crippen LogP contribution is -2.59. The van der Waals surface area contributed by atoms with Crippen LogP contribution in [0, 0.1) is 11.8 Å². The SMILES string of the molecule is COC1(c2cccc(C(N)=O)c2)[C@@H]2CCC[C@H]1CN(CCc1c[nH]nn1)C2.Cl. The lowest BCUT2D eigenvalue weighted by molar-refractivity contribution is -0.168. The quantitative estimate of drug-likeness (QED) is 0.767. The Morgan fingerprint density at radius 2 is 2.11 bits per heavy atom. The standard InChI is InChI=1S/C20H27N5O2.ClH/c1-27-20(15-5-2-4-14(10-15)19(21)26)16-6-3-7-17(20)13-25(12-16)9-8-18-11-22-24-23-18;/h2,4-5,10-11,16-17H,3,6-9,12-13H2,1H3,(H2,21,26)(H,22,23,24);1H/t16-,17+,20?;. The summed E-state index contributed by atoms with van der Waals surface area (Å²) in [6.45, 7) is 2.95. The fourth-order valence-corrected chi connectivity index (χ4v) is 5.17. The Labute approximate surface area is 171 Å². The van der Waals surface area contributed by atoms with Gasteiger partial charge in [0.15, 0.2) is 0 Å². The Kier molecular flexibility index (Phi) is 6.37. The van der Waals surface area contributed by atoms with E-state index in [0.29, 0.717) is 17.4 Å². The van der Waals surface area contributed by atoms with Crippen molar-refractivity contribution in [2.45, 2.75) is 31.3 Å². The number of piperidine rings is 1. The number of carbonyl (C=O) groups is 1. The molecular formula is C20H28ClN5O2. The number of nitrogens with two attached hydrogens (primary N) is 1. The number of hydrogen-bond acceptors (Lipinski definition) is 5. The number of nitrogens with zero attached hydrogens (tertiary/aromatic N) is 3. The van der Waals surface area contributed by atoms with Crippen molar-refractivity contribution in [1.29, 1.82) is 0 Å². The molecule has 1 saturated heterocycles. The Balaban J connectivity index is 0.00000225. The van der Waals surface area contributed by atoms with E-state index in [-0.39, 0.29) is 18.0 Å². The molecule has 1 amide bonds. The highest BCUT2D eigenvalue weighted by atomic mass is 35.5. The van der Waals surface area contributed by atoms with E-state index in [1.54, 1.807) is 6.07 Å². The van der Waals surface area contributed by atoms with Gasteiger partial charge in [0.05, 0.1) is 5.69 Å². The molecule has 4 rings (SSSR count). The molecule has 3 atom stereocenters. The molecule has 152 valence electrons. The second kappa shape index (κ2) is 8.59. The summed E-state index contributed by atoms with van der Waals surface area (Å²) < 4.78 is 6.26. The van der Waals surface area contributed by atoms with Crippen molar-refractivity contribution in [3.05, 3.63) is 47.3 Å². The smallest absolute Gasteiger partial charge is 0.248 e. The van der Waals surface area contributed by atoms with E-state index in [1.807, 2.05) is 25.4 Å². The van der Waals surface area contributed by atoms with E-state index in [4.69, 9.17) is 10.5 Å². The van der Waals surface area contributed by atoms with Crippen LogP contribution in [0.15, 0.2) is 30.5 Å². The average Bonchev–Trinajstić information content (AvgIpc) is 3.19. The topological polar surface area (TPSA) is 97.1 Å². The van der Waals surface area contributed by atoms with Gasteiger partial charge in [0, 0.05) is 56.8 Å². The van der Waals surface area contributed by atoms with E-state index in [0.717, 1.165) is 50.2 Å². The van der Waals surface area contributed by atoms with Gasteiger partial charge in [0.25, 0.3) is 0 Å². The summed E-state index contributed by atoms with van der Waals surface area (Å²) in [6, 6.07) is 7.72. The van der Waals surface area contributed by atoms with Crippen LogP contribution in [0.25, 0.3) is 0 Å². The minimum Gasteiger partial charge on any atom is -0.373 e. The van der Waals surface area contributed by atoms with Gasteiger partial charge in [0.2, 0.25) is 5.91 Å². The molecule has 2 heterocycles. The molecule has 28 heavy (non-hydrogen) atoms. The third-order valence-electron chi connectivity index (χ3n) is 6.36. The summed E-state index contributed by atoms with van der Waals surface area (Å²) >= 11 is 0. The highest BCUT2D eigenvalue weighted by Crippen LogP contribution is 2.51. The van der Waals surface area contributed by atoms with Gasteiger partial charge in [-0.1, -0.05) is 23.8 Å². The summed E-state index contributed by atoms with van der Waals surface area (Å²) in [7, 11) is 1.81. The van der Waals surface area contributed by atoms with E-state index in [1.165, 1.54) is 6.42 Å². The normalized spacial score (nSPS) is 27.2. The largest absolute Gasteiger partial charge is 0.373 e. The summed E-state index contributed by atoms with van der Waals surface area (Å²) in [5, 5.41) is 10.7. The molecule has 2 aliphatic rings. The van der Waals surface area contributed by atoms with Gasteiger partial charge in [-0.15, -0.1) is 17.5 Å². The van der Waals surface area contributed by atoms with Crippen molar-refractivity contribution < 1.29 is 9.53 Å². The van der Waals surface area contributed by atoms with Gasteiger partial charge >= 0.3 is 0 Å². The number of carbonyl (C=O) groups excluding carboxylic acids is 1. The zero-order valence-electron chi connectivity index (χ0n) is 16.1. The number of benzene rings is 1. The second-order valence-corrected chi connectivity index (χ2v) is 7.74. The Morgan fingerprint density at radius 3 is 2.71 bits per heavy atom. The van der Waals surface area contributed by atoms with E-state index >= 15 is 0 Å². The number of likely N-dealkylation sites (tertiary alicyclic amines) is 1. The maximum Gasteiger partial charge on any atom is 0.248 e. The Bertz CT molecular complexity index is 784. The highest BCUT2D eigenvalue weighted by Gasteiger charge is 2.53. The van der Waals surface area contributed by atoms with Crippen LogP contribution in [-0.4, -0.2) is 53.0 Å². The van der Waals surface area contributed by atoms with Gasteiger partial charge in [-0.2, -0.15) is 0 Å². The molecule has 2 fully saturated rings. The summed E-state index contributed by atoms with van der Waals surface area (Å²) in [6.07, 6.45) is 6.25. The first-order valence-corrected chi connectivity index (χ1v) is 9.66. The van der Waals surface area contributed by atoms with Crippen molar-refractivity contribution in [2.75, 3.05) is 26.7 Å². The van der Waals surface area contributed by atoms with Crippen molar-refractivity contribution in [3.63, 3.8) is 0 Å². The molecule has 1 aromatic heterocycles. The van der Waals surface area contributed by atoms with E-state index in [9.17, 15) is 4.79 Å². The Morgan fingerprint density at radius 1 is 1.36 bits per heavy atom. The van der Waals surface area contributed by atoms with Crippen LogP contribution in [0.3, 0.4) is 0 Å². The third-order valence-corrected chi connectivity index (χ3v) is 6.36. The maximum absolute atomic E-state index is 11.7. The molecule has 1 unspecified atom stereocenters. The first-order chi connectivity index (χ1) is 13.1. The minimum absolute atomic E-state index is 0. The number of rotatable bonds is 6. The molecule has 0 radical (unpaired) electrons. The number of aromatic amines is 1. The molecule has 1 saturated carbocycles. The fraction of sp³-hybridized carbons (Fsp3) is 0.550. The number of halogens is 1. The number of hydrogen-bond donors (Lipinski definition) is 2. The van der Waals surface area contributed by atoms with Crippen LogP contribution >= 0.6 is 12.4 Å². The number of aromatic nitrogens is 3. The first-order valence-electron chi connectivity index (χ1n) is 9.66. The van der Waals surface area contributed by atoms with Crippen molar-refractivity contribution >= 4 is 18.3 Å². The molecule has 7 nitrogen and oxygen atoms in total. The lowest BCUT2D eigenvalue weighted by atomic mass is 9.62. The highest BCUT2D eigenvalue weighted by molar-refractivity contribution is 5.92. The van der Waals surface area contributed by atoms with Crippen LogP contribution < -0.4 is 5.73 Å². The average molecular weight is 406 g/mol. The van der Waals surface area contributed by atoms with E-state index < -0.39 is 5.91 Å². The van der Waals surface area contributed by atoms with Gasteiger partial charge in [-0.25, -0.2) is 0 Å². The van der Waals surface area contributed by atoms with Gasteiger partial charge < -0.3 is 15.4 Å². The van der Waals surface area contributed by atoms with Crippen molar-refractivity contribution in [3.8, 4) is 0 Å². The number of ether oxygens (including phenoxy) is 1. The van der Waals surface area contributed by atoms with Gasteiger partial charge in [-0.3, -0.25) is 9.89 Å². The van der Waals surface area contributed by atoms with Gasteiger partial charge in [-0.05, 0) is 30.5 Å². The lowest BCUT2D eigenvalue weighted by Gasteiger charge is -2.55. The zero-order valence-corrected chi connectivity index (χ0v) is 17.0. The van der Waals surface area contributed by atoms with Crippen molar-refractivity contribution in [1.82, 2.24) is 20.3 Å². The number of methoxy groups -OCH3 is 1. The molecule has 1 aromatic carbocycles. The molecule has 2 bridgehead atoms. The predicted molar refractivity (Wildman–Crippen MR) is 108 cm³/mol. The van der Waals surface area contributed by atoms with E-state index in [2.05, 4.69) is 26.4 Å². The predicted octanol–water partition coefficient (Wildman–Crippen LogP) is 2.14. The Hall–Kier alpha value is -1.96. The fourth-order valence-electron chi connectivity index (χ4n) is 5.17. The molecule has 1 aliphatic heterocycles. The number of nitrogens with one attached hydrogen (secondary N) is 1. The number of amides is 1. The number of fused-ring (bicyclic) bond motifs is 2. The molecule has 0 spiro atoms. The summed E-state index contributed by atoms with van der Waals surface area (Å²) in [5.41, 5.74) is 7.82. The van der Waals surface area contributed by atoms with Crippen LogP contribution in [0.5, 0.6) is 0 Å². The molecular weight excluding hydrogens is 378 g/mol. The molecule has 1 aliphatic carbocycles.